The van der Waals surface area contributed by atoms with Gasteiger partial charge in [0.1, 0.15) is 0 Å². The van der Waals surface area contributed by atoms with Gasteiger partial charge in [-0.1, -0.05) is 54.7 Å². The molecule has 0 nitrogen and oxygen atoms in total. The highest BCUT2D eigenvalue weighted by atomic mass is 32.1. The van der Waals surface area contributed by atoms with E-state index in [1.165, 1.54) is 29.9 Å². The first-order chi connectivity index (χ1) is 10.9. The van der Waals surface area contributed by atoms with Gasteiger partial charge in [0, 0.05) is 19.2 Å². The number of thiophene rings is 2. The van der Waals surface area contributed by atoms with Crippen molar-refractivity contribution < 1.29 is 0 Å². The van der Waals surface area contributed by atoms with E-state index in [0.29, 0.717) is 0 Å². The molecule has 2 aliphatic rings. The normalized spacial score (nSPS) is 12.5. The van der Waals surface area contributed by atoms with Gasteiger partial charge in [-0.05, 0) is 59.0 Å². The molecule has 0 aliphatic heterocycles. The summed E-state index contributed by atoms with van der Waals surface area (Å²) in [5.74, 6) is 0. The van der Waals surface area contributed by atoms with Crippen LogP contribution in [0.1, 0.15) is 63.4 Å². The molecule has 0 N–H and O–H groups in total. The summed E-state index contributed by atoms with van der Waals surface area (Å²) < 4.78 is 2.92. The molecule has 0 unspecified atom stereocenters. The average Bonchev–Trinajstić information content (AvgIpc) is 3.29. The monoisotopic (exact) mass is 358 g/mol. The van der Waals surface area contributed by atoms with Crippen LogP contribution in [0.3, 0.4) is 0 Å². The summed E-state index contributed by atoms with van der Waals surface area (Å²) in [6.07, 6.45) is 11.3. The Balaban J connectivity index is 0.000000451. The van der Waals surface area contributed by atoms with E-state index in [2.05, 4.69) is 36.4 Å². The lowest BCUT2D eigenvalue weighted by molar-refractivity contribution is 1.36. The van der Waals surface area contributed by atoms with Crippen molar-refractivity contribution >= 4 is 55.0 Å². The van der Waals surface area contributed by atoms with Gasteiger partial charge in [0.2, 0.25) is 0 Å². The van der Waals surface area contributed by atoms with Crippen molar-refractivity contribution in [3.05, 3.63) is 45.2 Å². The van der Waals surface area contributed by atoms with Crippen molar-refractivity contribution in [3.63, 3.8) is 0 Å². The Bertz CT molecular complexity index is 798. The van der Waals surface area contributed by atoms with E-state index in [0.717, 1.165) is 12.8 Å². The van der Waals surface area contributed by atoms with E-state index in [1.54, 1.807) is 11.1 Å². The van der Waals surface area contributed by atoms with Crippen molar-refractivity contribution in [2.45, 2.75) is 55.4 Å². The zero-order valence-electron chi connectivity index (χ0n) is 13.7. The molecule has 0 saturated heterocycles. The van der Waals surface area contributed by atoms with Crippen LogP contribution in [-0.4, -0.2) is 0 Å². The molecule has 0 atom stereocenters. The summed E-state index contributed by atoms with van der Waals surface area (Å²) in [6.45, 7) is 8.00. The summed E-state index contributed by atoms with van der Waals surface area (Å²) in [6, 6.07) is 4.84. The van der Waals surface area contributed by atoms with Gasteiger partial charge in [-0.25, -0.2) is 0 Å². The maximum absolute atomic E-state index is 2.42. The van der Waals surface area contributed by atoms with Crippen LogP contribution in [0.2, 0.25) is 0 Å². The van der Waals surface area contributed by atoms with Crippen molar-refractivity contribution in [1.29, 1.82) is 0 Å². The molecule has 0 saturated carbocycles. The SMILES string of the molecule is C.C.C1=Cc2sc3cc4c5c(sc4cc3c2C1)C=CC5.CC.CC. The molecular weight excluding hydrogens is 328 g/mol. The number of benzene rings is 1. The zero-order valence-corrected chi connectivity index (χ0v) is 15.3. The second kappa shape index (κ2) is 8.64. The first-order valence-corrected chi connectivity index (χ1v) is 9.87. The molecule has 130 valence electrons. The summed E-state index contributed by atoms with van der Waals surface area (Å²) in [4.78, 5) is 2.94. The maximum atomic E-state index is 2.42. The van der Waals surface area contributed by atoms with E-state index in [9.17, 15) is 0 Å². The first kappa shape index (κ1) is 20.7. The number of rotatable bonds is 0. The Labute approximate surface area is 155 Å². The fourth-order valence-electron chi connectivity index (χ4n) is 3.08. The lowest BCUT2D eigenvalue weighted by Gasteiger charge is -1.97. The topological polar surface area (TPSA) is 0 Å². The standard InChI is InChI=1S/C16H10S2.2C2H6.2CH4/c1-3-9-11-7-16-12(8-15(11)17-13(9)5-1)10-4-2-6-14(10)18-16;2*1-2;;/h1-2,5-8H,3-4H2;2*1-2H3;2*1H4. The molecule has 0 radical (unpaired) electrons. The van der Waals surface area contributed by atoms with Crippen LogP contribution in [0.4, 0.5) is 0 Å². The molecular formula is C22H30S2. The highest BCUT2D eigenvalue weighted by molar-refractivity contribution is 7.21. The molecule has 0 bridgehead atoms. The summed E-state index contributed by atoms with van der Waals surface area (Å²) in [5.41, 5.74) is 3.09. The second-order valence-corrected chi connectivity index (χ2v) is 7.11. The highest BCUT2D eigenvalue weighted by Crippen LogP contribution is 2.43. The molecule has 2 heterocycles. The van der Waals surface area contributed by atoms with Crippen LogP contribution in [0.15, 0.2) is 24.3 Å². The van der Waals surface area contributed by atoms with Crippen LogP contribution >= 0.6 is 22.7 Å². The third-order valence-electron chi connectivity index (χ3n) is 3.95. The molecule has 24 heavy (non-hydrogen) atoms. The summed E-state index contributed by atoms with van der Waals surface area (Å²) in [7, 11) is 0. The van der Waals surface area contributed by atoms with Crippen LogP contribution in [0, 0.1) is 0 Å². The molecule has 5 rings (SSSR count). The largest absolute Gasteiger partial charge is 0.136 e. The van der Waals surface area contributed by atoms with Crippen LogP contribution < -0.4 is 0 Å². The predicted octanol–water partition coefficient (Wildman–Crippen LogP) is 8.58. The van der Waals surface area contributed by atoms with E-state index in [1.807, 2.05) is 50.4 Å². The molecule has 2 aliphatic carbocycles. The summed E-state index contributed by atoms with van der Waals surface area (Å²) >= 11 is 3.90. The van der Waals surface area contributed by atoms with Crippen molar-refractivity contribution in [2.75, 3.05) is 0 Å². The van der Waals surface area contributed by atoms with Crippen LogP contribution in [-0.2, 0) is 12.8 Å². The highest BCUT2D eigenvalue weighted by Gasteiger charge is 2.18. The predicted molar refractivity (Wildman–Crippen MR) is 119 cm³/mol. The zero-order chi connectivity index (χ0) is 15.7. The molecule has 2 heteroatoms. The van der Waals surface area contributed by atoms with Crippen LogP contribution in [0.25, 0.3) is 32.3 Å². The minimum absolute atomic E-state index is 0. The Kier molecular flexibility index (Phi) is 7.44. The fourth-order valence-corrected chi connectivity index (χ4v) is 5.46. The van der Waals surface area contributed by atoms with Crippen molar-refractivity contribution in [2.24, 2.45) is 0 Å². The van der Waals surface area contributed by atoms with Gasteiger partial charge in [-0.15, -0.1) is 22.7 Å². The van der Waals surface area contributed by atoms with Crippen molar-refractivity contribution in [1.82, 2.24) is 0 Å². The van der Waals surface area contributed by atoms with Gasteiger partial charge < -0.3 is 0 Å². The minimum atomic E-state index is 0. The smallest absolute Gasteiger partial charge is 0.0359 e. The Morgan fingerprint density at radius 3 is 1.42 bits per heavy atom. The maximum Gasteiger partial charge on any atom is 0.0359 e. The second-order valence-electron chi connectivity index (χ2n) is 4.95. The summed E-state index contributed by atoms with van der Waals surface area (Å²) in [5, 5.41) is 2.97. The minimum Gasteiger partial charge on any atom is -0.136 e. The lowest BCUT2D eigenvalue weighted by atomic mass is 10.1. The number of hydrogen-bond acceptors (Lipinski definition) is 2. The Hall–Kier alpha value is -1.38. The average molecular weight is 359 g/mol. The fraction of sp³-hybridized carbons (Fsp3) is 0.364. The molecule has 3 aromatic rings. The van der Waals surface area contributed by atoms with Crippen LogP contribution in [0.5, 0.6) is 0 Å². The van der Waals surface area contributed by atoms with Gasteiger partial charge >= 0.3 is 0 Å². The third kappa shape index (κ3) is 3.10. The number of hydrogen-bond donors (Lipinski definition) is 0. The van der Waals surface area contributed by atoms with Gasteiger partial charge in [-0.3, -0.25) is 0 Å². The van der Waals surface area contributed by atoms with E-state index >= 15 is 0 Å². The number of fused-ring (bicyclic) bond motifs is 6. The van der Waals surface area contributed by atoms with E-state index < -0.39 is 0 Å². The molecule has 0 fully saturated rings. The number of allylic oxidation sites excluding steroid dienone is 2. The Morgan fingerprint density at radius 1 is 0.667 bits per heavy atom. The van der Waals surface area contributed by atoms with Gasteiger partial charge in [0.05, 0.1) is 0 Å². The Morgan fingerprint density at radius 2 is 1.04 bits per heavy atom. The first-order valence-electron chi connectivity index (χ1n) is 8.24. The van der Waals surface area contributed by atoms with E-state index in [4.69, 9.17) is 0 Å². The molecule has 2 aromatic heterocycles. The molecule has 0 spiro atoms. The lowest BCUT2D eigenvalue weighted by Crippen LogP contribution is -1.77. The van der Waals surface area contributed by atoms with Gasteiger partial charge in [0.15, 0.2) is 0 Å². The van der Waals surface area contributed by atoms with Crippen molar-refractivity contribution in [3.8, 4) is 0 Å². The van der Waals surface area contributed by atoms with Gasteiger partial charge in [0.25, 0.3) is 0 Å². The molecule has 0 amide bonds. The quantitative estimate of drug-likeness (QED) is 0.377. The molecule has 1 aromatic carbocycles. The van der Waals surface area contributed by atoms with Gasteiger partial charge in [-0.2, -0.15) is 0 Å². The van der Waals surface area contributed by atoms with E-state index in [-0.39, 0.29) is 14.9 Å². The third-order valence-corrected chi connectivity index (χ3v) is 6.27.